The molecule has 1 N–H and O–H groups in total. The van der Waals surface area contributed by atoms with E-state index >= 15 is 0 Å². The zero-order chi connectivity index (χ0) is 13.6. The predicted molar refractivity (Wildman–Crippen MR) is 81.0 cm³/mol. The van der Waals surface area contributed by atoms with Crippen molar-refractivity contribution in [3.63, 3.8) is 0 Å². The van der Waals surface area contributed by atoms with Crippen molar-refractivity contribution >= 4 is 0 Å². The van der Waals surface area contributed by atoms with Crippen LogP contribution < -0.4 is 5.32 Å². The fourth-order valence-corrected chi connectivity index (χ4v) is 3.54. The van der Waals surface area contributed by atoms with Crippen molar-refractivity contribution in [1.82, 2.24) is 10.2 Å². The molecule has 1 fully saturated rings. The molecule has 2 heteroatoms. The van der Waals surface area contributed by atoms with Crippen molar-refractivity contribution in [2.75, 3.05) is 20.6 Å². The van der Waals surface area contributed by atoms with Crippen LogP contribution in [0.2, 0.25) is 0 Å². The first-order valence-corrected chi connectivity index (χ1v) is 7.97. The van der Waals surface area contributed by atoms with Crippen molar-refractivity contribution in [3.8, 4) is 0 Å². The van der Waals surface area contributed by atoms with Crippen LogP contribution in [-0.2, 0) is 0 Å². The van der Waals surface area contributed by atoms with E-state index in [0.29, 0.717) is 11.6 Å². The van der Waals surface area contributed by atoms with Crippen molar-refractivity contribution in [3.05, 3.63) is 0 Å². The van der Waals surface area contributed by atoms with Crippen molar-refractivity contribution in [2.45, 2.75) is 77.3 Å². The topological polar surface area (TPSA) is 15.3 Å². The molecular formula is C16H34N2. The minimum atomic E-state index is 0.400. The summed E-state index contributed by atoms with van der Waals surface area (Å²) in [4.78, 5) is 2.52. The van der Waals surface area contributed by atoms with Gasteiger partial charge >= 0.3 is 0 Å². The van der Waals surface area contributed by atoms with Gasteiger partial charge in [0, 0.05) is 11.6 Å². The minimum absolute atomic E-state index is 0.400. The van der Waals surface area contributed by atoms with Crippen LogP contribution in [0, 0.1) is 5.92 Å². The SMILES string of the molecule is CCCNC(CCC)C1(N(C)C)CCC(C)CC1. The molecular weight excluding hydrogens is 220 g/mol. The third kappa shape index (κ3) is 3.71. The van der Waals surface area contributed by atoms with E-state index < -0.39 is 0 Å². The quantitative estimate of drug-likeness (QED) is 0.746. The lowest BCUT2D eigenvalue weighted by Gasteiger charge is -2.50. The fourth-order valence-electron chi connectivity index (χ4n) is 3.54. The lowest BCUT2D eigenvalue weighted by molar-refractivity contribution is 0.0401. The zero-order valence-corrected chi connectivity index (χ0v) is 13.3. The molecule has 0 spiro atoms. The molecule has 1 saturated carbocycles. The molecule has 0 heterocycles. The van der Waals surface area contributed by atoms with Crippen LogP contribution in [0.15, 0.2) is 0 Å². The summed E-state index contributed by atoms with van der Waals surface area (Å²) in [6.45, 7) is 8.15. The Labute approximate surface area is 115 Å². The predicted octanol–water partition coefficient (Wildman–Crippen LogP) is 3.67. The number of nitrogens with one attached hydrogen (secondary N) is 1. The summed E-state index contributed by atoms with van der Waals surface area (Å²) < 4.78 is 0. The first-order valence-electron chi connectivity index (χ1n) is 7.97. The van der Waals surface area contributed by atoms with E-state index in [1.54, 1.807) is 0 Å². The molecule has 0 aromatic rings. The van der Waals surface area contributed by atoms with Crippen LogP contribution >= 0.6 is 0 Å². The highest BCUT2D eigenvalue weighted by atomic mass is 15.2. The Kier molecular flexibility index (Phi) is 6.65. The lowest BCUT2D eigenvalue weighted by Crippen LogP contribution is -2.60. The van der Waals surface area contributed by atoms with E-state index in [1.165, 1.54) is 44.9 Å². The summed E-state index contributed by atoms with van der Waals surface area (Å²) in [5.74, 6) is 0.923. The summed E-state index contributed by atoms with van der Waals surface area (Å²) in [7, 11) is 4.57. The molecule has 1 aliphatic rings. The Morgan fingerprint density at radius 2 is 1.78 bits per heavy atom. The Morgan fingerprint density at radius 1 is 1.17 bits per heavy atom. The van der Waals surface area contributed by atoms with Crippen LogP contribution in [0.1, 0.15) is 65.7 Å². The van der Waals surface area contributed by atoms with E-state index in [2.05, 4.69) is 45.1 Å². The molecule has 1 rings (SSSR count). The Balaban J connectivity index is 2.78. The number of nitrogens with zero attached hydrogens (tertiary/aromatic N) is 1. The molecule has 18 heavy (non-hydrogen) atoms. The second kappa shape index (κ2) is 7.49. The van der Waals surface area contributed by atoms with Gasteiger partial charge in [0.2, 0.25) is 0 Å². The number of hydrogen-bond acceptors (Lipinski definition) is 2. The molecule has 0 saturated heterocycles. The number of hydrogen-bond donors (Lipinski definition) is 1. The Hall–Kier alpha value is -0.0800. The van der Waals surface area contributed by atoms with Gasteiger partial charge in [-0.2, -0.15) is 0 Å². The van der Waals surface area contributed by atoms with Gasteiger partial charge in [0.15, 0.2) is 0 Å². The summed E-state index contributed by atoms with van der Waals surface area (Å²) >= 11 is 0. The summed E-state index contributed by atoms with van der Waals surface area (Å²) in [6, 6.07) is 0.671. The standard InChI is InChI=1S/C16H34N2/c1-6-8-15(17-13-7-2)16(18(4)5)11-9-14(3)10-12-16/h14-15,17H,6-13H2,1-5H3. The van der Waals surface area contributed by atoms with Gasteiger partial charge in [0.25, 0.3) is 0 Å². The molecule has 2 nitrogen and oxygen atoms in total. The molecule has 1 aliphatic carbocycles. The van der Waals surface area contributed by atoms with Gasteiger partial charge in [-0.3, -0.25) is 0 Å². The highest BCUT2D eigenvalue weighted by Gasteiger charge is 2.42. The number of rotatable bonds is 7. The average Bonchev–Trinajstić information content (AvgIpc) is 2.35. The third-order valence-corrected chi connectivity index (χ3v) is 4.90. The smallest absolute Gasteiger partial charge is 0.0356 e. The van der Waals surface area contributed by atoms with Gasteiger partial charge in [0.05, 0.1) is 0 Å². The van der Waals surface area contributed by atoms with E-state index in [1.807, 2.05) is 0 Å². The Morgan fingerprint density at radius 3 is 2.22 bits per heavy atom. The Bertz CT molecular complexity index is 217. The van der Waals surface area contributed by atoms with Crippen molar-refractivity contribution in [1.29, 1.82) is 0 Å². The van der Waals surface area contributed by atoms with Gasteiger partial charge in [-0.1, -0.05) is 27.2 Å². The molecule has 0 bridgehead atoms. The van der Waals surface area contributed by atoms with E-state index in [4.69, 9.17) is 0 Å². The maximum Gasteiger partial charge on any atom is 0.0356 e. The first kappa shape index (κ1) is 16.0. The van der Waals surface area contributed by atoms with Crippen LogP contribution in [0.5, 0.6) is 0 Å². The molecule has 1 unspecified atom stereocenters. The van der Waals surface area contributed by atoms with Crippen LogP contribution in [0.3, 0.4) is 0 Å². The second-order valence-corrected chi connectivity index (χ2v) is 6.48. The van der Waals surface area contributed by atoms with Gasteiger partial charge in [-0.15, -0.1) is 0 Å². The molecule has 1 atom stereocenters. The molecule has 0 radical (unpaired) electrons. The van der Waals surface area contributed by atoms with Crippen LogP contribution in [0.25, 0.3) is 0 Å². The normalized spacial score (nSPS) is 30.7. The van der Waals surface area contributed by atoms with E-state index in [-0.39, 0.29) is 0 Å². The van der Waals surface area contributed by atoms with E-state index in [0.717, 1.165) is 12.5 Å². The van der Waals surface area contributed by atoms with Gasteiger partial charge in [-0.25, -0.2) is 0 Å². The molecule has 0 aromatic heterocycles. The molecule has 0 amide bonds. The highest BCUT2D eigenvalue weighted by molar-refractivity contribution is 5.01. The number of likely N-dealkylation sites (N-methyl/N-ethyl adjacent to an activating group) is 1. The largest absolute Gasteiger partial charge is 0.312 e. The molecule has 108 valence electrons. The highest BCUT2D eigenvalue weighted by Crippen LogP contribution is 2.39. The second-order valence-electron chi connectivity index (χ2n) is 6.48. The van der Waals surface area contributed by atoms with Crippen LogP contribution in [0.4, 0.5) is 0 Å². The summed E-state index contributed by atoms with van der Waals surface area (Å²) in [6.07, 6.45) is 9.35. The van der Waals surface area contributed by atoms with E-state index in [9.17, 15) is 0 Å². The zero-order valence-electron chi connectivity index (χ0n) is 13.3. The fraction of sp³-hybridized carbons (Fsp3) is 1.00. The van der Waals surface area contributed by atoms with Gasteiger partial charge in [-0.05, 0) is 65.1 Å². The molecule has 0 aliphatic heterocycles. The average molecular weight is 254 g/mol. The lowest BCUT2D eigenvalue weighted by atomic mass is 9.71. The maximum atomic E-state index is 3.84. The first-order chi connectivity index (χ1) is 8.56. The third-order valence-electron chi connectivity index (χ3n) is 4.90. The van der Waals surface area contributed by atoms with Crippen molar-refractivity contribution < 1.29 is 0 Å². The maximum absolute atomic E-state index is 3.84. The van der Waals surface area contributed by atoms with Gasteiger partial charge < -0.3 is 10.2 Å². The summed E-state index contributed by atoms with van der Waals surface area (Å²) in [5.41, 5.74) is 0.400. The van der Waals surface area contributed by atoms with Gasteiger partial charge in [0.1, 0.15) is 0 Å². The van der Waals surface area contributed by atoms with Crippen molar-refractivity contribution in [2.24, 2.45) is 5.92 Å². The monoisotopic (exact) mass is 254 g/mol. The minimum Gasteiger partial charge on any atom is -0.312 e. The van der Waals surface area contributed by atoms with Crippen LogP contribution in [-0.4, -0.2) is 37.1 Å². The summed E-state index contributed by atoms with van der Waals surface area (Å²) in [5, 5.41) is 3.84. The molecule has 0 aromatic carbocycles.